The van der Waals surface area contributed by atoms with E-state index in [1.807, 2.05) is 0 Å². The van der Waals surface area contributed by atoms with Crippen molar-refractivity contribution >= 4 is 0 Å². The molecule has 1 N–H and O–H groups in total. The van der Waals surface area contributed by atoms with Gasteiger partial charge in [-0.3, -0.25) is 0 Å². The summed E-state index contributed by atoms with van der Waals surface area (Å²) in [6.45, 7) is 11.6. The summed E-state index contributed by atoms with van der Waals surface area (Å²) in [4.78, 5) is 0. The summed E-state index contributed by atoms with van der Waals surface area (Å²) in [5.74, 6) is 0. The van der Waals surface area contributed by atoms with E-state index >= 15 is 0 Å². The highest BCUT2D eigenvalue weighted by Crippen LogP contribution is 2.27. The van der Waals surface area contributed by atoms with Gasteiger partial charge in [-0.15, -0.1) is 0 Å². The van der Waals surface area contributed by atoms with Crippen LogP contribution in [0, 0.1) is 5.41 Å². The first kappa shape index (κ1) is 20.0. The molecule has 1 unspecified atom stereocenters. The van der Waals surface area contributed by atoms with Crippen molar-refractivity contribution in [3.05, 3.63) is 0 Å². The molecule has 20 heavy (non-hydrogen) atoms. The van der Waals surface area contributed by atoms with Crippen LogP contribution in [0.25, 0.3) is 0 Å². The lowest BCUT2D eigenvalue weighted by Gasteiger charge is -2.28. The molecule has 0 bridgehead atoms. The first-order valence-electron chi connectivity index (χ1n) is 9.39. The molecule has 0 rings (SSSR count). The van der Waals surface area contributed by atoms with Crippen molar-refractivity contribution in [1.29, 1.82) is 0 Å². The number of rotatable bonds is 15. The second-order valence-electron chi connectivity index (χ2n) is 6.88. The van der Waals surface area contributed by atoms with Gasteiger partial charge in [0.2, 0.25) is 0 Å². The lowest BCUT2D eigenvalue weighted by atomic mass is 9.82. The number of unbranched alkanes of at least 4 members (excludes halogenated alkanes) is 9. The summed E-state index contributed by atoms with van der Waals surface area (Å²) >= 11 is 0. The van der Waals surface area contributed by atoms with Crippen molar-refractivity contribution in [3.63, 3.8) is 0 Å². The Balaban J connectivity index is 3.37. The molecule has 0 aliphatic carbocycles. The smallest absolute Gasteiger partial charge is 0.000494 e. The monoisotopic (exact) mass is 283 g/mol. The molecule has 0 spiro atoms. The normalized spacial score (nSPS) is 14.4. The molecule has 0 saturated heterocycles. The highest BCUT2D eigenvalue weighted by atomic mass is 14.9. The predicted molar refractivity (Wildman–Crippen MR) is 93.4 cm³/mol. The van der Waals surface area contributed by atoms with Crippen molar-refractivity contribution in [3.8, 4) is 0 Å². The Morgan fingerprint density at radius 1 is 0.700 bits per heavy atom. The number of hydrogen-bond donors (Lipinski definition) is 1. The SMILES string of the molecule is CCCCCCCCCCCCC(C)(CC)CNCC. The summed E-state index contributed by atoms with van der Waals surface area (Å²) in [6.07, 6.45) is 17.1. The largest absolute Gasteiger partial charge is 0.316 e. The van der Waals surface area contributed by atoms with Crippen molar-refractivity contribution in [1.82, 2.24) is 5.32 Å². The highest BCUT2D eigenvalue weighted by Gasteiger charge is 2.20. The van der Waals surface area contributed by atoms with Crippen LogP contribution in [0.2, 0.25) is 0 Å². The van der Waals surface area contributed by atoms with Crippen molar-refractivity contribution in [2.45, 2.75) is 105 Å². The summed E-state index contributed by atoms with van der Waals surface area (Å²) in [5.41, 5.74) is 0.524. The standard InChI is InChI=1S/C19H41N/c1-5-8-9-10-11-12-13-14-15-16-17-19(4,6-2)18-20-7-3/h20H,5-18H2,1-4H3. The quantitative estimate of drug-likeness (QED) is 0.347. The van der Waals surface area contributed by atoms with E-state index in [0.29, 0.717) is 5.41 Å². The van der Waals surface area contributed by atoms with Gasteiger partial charge in [0.25, 0.3) is 0 Å². The van der Waals surface area contributed by atoms with Gasteiger partial charge in [-0.2, -0.15) is 0 Å². The van der Waals surface area contributed by atoms with E-state index in [9.17, 15) is 0 Å². The lowest BCUT2D eigenvalue weighted by molar-refractivity contribution is 0.261. The molecule has 0 heterocycles. The first-order valence-corrected chi connectivity index (χ1v) is 9.39. The van der Waals surface area contributed by atoms with Gasteiger partial charge in [-0.1, -0.05) is 91.9 Å². The number of nitrogens with one attached hydrogen (secondary N) is 1. The molecule has 0 aromatic heterocycles. The van der Waals surface area contributed by atoms with Crippen LogP contribution in [-0.4, -0.2) is 13.1 Å². The van der Waals surface area contributed by atoms with Gasteiger partial charge in [-0.25, -0.2) is 0 Å². The lowest BCUT2D eigenvalue weighted by Crippen LogP contribution is -2.31. The van der Waals surface area contributed by atoms with E-state index in [1.165, 1.54) is 83.6 Å². The Labute approximate surface area is 129 Å². The minimum atomic E-state index is 0.524. The van der Waals surface area contributed by atoms with Crippen molar-refractivity contribution in [2.75, 3.05) is 13.1 Å². The third kappa shape index (κ3) is 11.8. The minimum Gasteiger partial charge on any atom is -0.316 e. The fraction of sp³-hybridized carbons (Fsp3) is 1.00. The van der Waals surface area contributed by atoms with Gasteiger partial charge in [-0.05, 0) is 24.8 Å². The molecular formula is C19H41N. The van der Waals surface area contributed by atoms with Gasteiger partial charge in [0.05, 0.1) is 0 Å². The molecule has 0 fully saturated rings. The van der Waals surface area contributed by atoms with Crippen LogP contribution < -0.4 is 5.32 Å². The molecule has 1 heteroatoms. The van der Waals surface area contributed by atoms with Crippen molar-refractivity contribution in [2.24, 2.45) is 5.41 Å². The fourth-order valence-corrected chi connectivity index (χ4v) is 2.86. The Bertz CT molecular complexity index is 190. The molecular weight excluding hydrogens is 242 g/mol. The molecule has 0 radical (unpaired) electrons. The average molecular weight is 284 g/mol. The van der Waals surface area contributed by atoms with Gasteiger partial charge in [0.15, 0.2) is 0 Å². The first-order chi connectivity index (χ1) is 9.68. The Morgan fingerprint density at radius 3 is 1.65 bits per heavy atom. The van der Waals surface area contributed by atoms with Crippen LogP contribution >= 0.6 is 0 Å². The van der Waals surface area contributed by atoms with Crippen LogP contribution in [0.5, 0.6) is 0 Å². The highest BCUT2D eigenvalue weighted by molar-refractivity contribution is 4.75. The van der Waals surface area contributed by atoms with E-state index < -0.39 is 0 Å². The molecule has 1 nitrogen and oxygen atoms in total. The number of hydrogen-bond acceptors (Lipinski definition) is 1. The van der Waals surface area contributed by atoms with Crippen LogP contribution in [0.1, 0.15) is 105 Å². The molecule has 0 aromatic rings. The van der Waals surface area contributed by atoms with E-state index in [0.717, 1.165) is 6.54 Å². The predicted octanol–water partition coefficient (Wildman–Crippen LogP) is 6.32. The van der Waals surface area contributed by atoms with Crippen LogP contribution in [0.3, 0.4) is 0 Å². The zero-order chi connectivity index (χ0) is 15.1. The van der Waals surface area contributed by atoms with E-state index in [-0.39, 0.29) is 0 Å². The van der Waals surface area contributed by atoms with Gasteiger partial charge < -0.3 is 5.32 Å². The summed E-state index contributed by atoms with van der Waals surface area (Å²) < 4.78 is 0. The zero-order valence-corrected chi connectivity index (χ0v) is 14.9. The fourth-order valence-electron chi connectivity index (χ4n) is 2.86. The zero-order valence-electron chi connectivity index (χ0n) is 14.9. The Kier molecular flexibility index (Phi) is 13.9. The maximum Gasteiger partial charge on any atom is 0.000494 e. The minimum absolute atomic E-state index is 0.524. The molecule has 0 aromatic carbocycles. The maximum atomic E-state index is 3.53. The van der Waals surface area contributed by atoms with Gasteiger partial charge >= 0.3 is 0 Å². The topological polar surface area (TPSA) is 12.0 Å². The van der Waals surface area contributed by atoms with Gasteiger partial charge in [0.1, 0.15) is 0 Å². The van der Waals surface area contributed by atoms with E-state index in [4.69, 9.17) is 0 Å². The molecule has 0 saturated carbocycles. The third-order valence-corrected chi connectivity index (χ3v) is 4.79. The molecule has 1 atom stereocenters. The summed E-state index contributed by atoms with van der Waals surface area (Å²) in [5, 5.41) is 3.53. The second kappa shape index (κ2) is 13.9. The third-order valence-electron chi connectivity index (χ3n) is 4.79. The van der Waals surface area contributed by atoms with Gasteiger partial charge in [0, 0.05) is 6.54 Å². The maximum absolute atomic E-state index is 3.53. The summed E-state index contributed by atoms with van der Waals surface area (Å²) in [6, 6.07) is 0. The van der Waals surface area contributed by atoms with Crippen LogP contribution in [0.15, 0.2) is 0 Å². The van der Waals surface area contributed by atoms with E-state index in [2.05, 4.69) is 33.0 Å². The molecule has 0 aliphatic rings. The molecule has 0 aliphatic heterocycles. The average Bonchev–Trinajstić information content (AvgIpc) is 2.47. The van der Waals surface area contributed by atoms with Crippen LogP contribution in [0.4, 0.5) is 0 Å². The Hall–Kier alpha value is -0.0400. The molecule has 122 valence electrons. The Morgan fingerprint density at radius 2 is 1.20 bits per heavy atom. The van der Waals surface area contributed by atoms with E-state index in [1.54, 1.807) is 0 Å². The van der Waals surface area contributed by atoms with Crippen LogP contribution in [-0.2, 0) is 0 Å². The summed E-state index contributed by atoms with van der Waals surface area (Å²) in [7, 11) is 0. The van der Waals surface area contributed by atoms with Crippen molar-refractivity contribution < 1.29 is 0 Å². The second-order valence-corrected chi connectivity index (χ2v) is 6.88. The molecule has 0 amide bonds.